The second-order valence-corrected chi connectivity index (χ2v) is 5.61. The number of halogens is 1. The predicted octanol–water partition coefficient (Wildman–Crippen LogP) is 3.54. The maximum atomic E-state index is 5.93. The first-order chi connectivity index (χ1) is 8.31. The molecule has 0 spiro atoms. The SMILES string of the molecule is Clc1ccc2sc(NCC3CCCO3)nc2c1. The van der Waals surface area contributed by atoms with Crippen molar-refractivity contribution in [3.8, 4) is 0 Å². The molecule has 2 heterocycles. The summed E-state index contributed by atoms with van der Waals surface area (Å²) in [5.74, 6) is 0. The van der Waals surface area contributed by atoms with Crippen LogP contribution in [0.2, 0.25) is 5.02 Å². The van der Waals surface area contributed by atoms with E-state index in [1.54, 1.807) is 11.3 Å². The standard InChI is InChI=1S/C12H13ClN2OS/c13-8-3-4-11-10(6-8)15-12(17-11)14-7-9-2-1-5-16-9/h3-4,6,9H,1-2,5,7H2,(H,14,15). The van der Waals surface area contributed by atoms with Crippen LogP contribution < -0.4 is 5.32 Å². The zero-order valence-electron chi connectivity index (χ0n) is 9.28. The molecule has 1 atom stereocenters. The van der Waals surface area contributed by atoms with Crippen molar-refractivity contribution in [2.45, 2.75) is 18.9 Å². The Kier molecular flexibility index (Phi) is 3.18. The first-order valence-corrected chi connectivity index (χ1v) is 6.92. The van der Waals surface area contributed by atoms with Gasteiger partial charge in [0.2, 0.25) is 0 Å². The van der Waals surface area contributed by atoms with Crippen molar-refractivity contribution >= 4 is 38.3 Å². The molecule has 3 rings (SSSR count). The quantitative estimate of drug-likeness (QED) is 0.925. The lowest BCUT2D eigenvalue weighted by molar-refractivity contribution is 0.120. The number of rotatable bonds is 3. The molecule has 1 aliphatic heterocycles. The molecule has 1 N–H and O–H groups in total. The summed E-state index contributed by atoms with van der Waals surface area (Å²) in [5, 5.41) is 5.01. The summed E-state index contributed by atoms with van der Waals surface area (Å²) in [5.41, 5.74) is 0.956. The van der Waals surface area contributed by atoms with Crippen molar-refractivity contribution in [2.75, 3.05) is 18.5 Å². The summed E-state index contributed by atoms with van der Waals surface area (Å²) in [6, 6.07) is 5.79. The Morgan fingerprint density at radius 1 is 1.53 bits per heavy atom. The lowest BCUT2D eigenvalue weighted by atomic mass is 10.2. The van der Waals surface area contributed by atoms with Crippen LogP contribution in [0.4, 0.5) is 5.13 Å². The van der Waals surface area contributed by atoms with Gasteiger partial charge in [0.15, 0.2) is 5.13 Å². The summed E-state index contributed by atoms with van der Waals surface area (Å²) in [7, 11) is 0. The zero-order valence-corrected chi connectivity index (χ0v) is 10.9. The third-order valence-corrected chi connectivity index (χ3v) is 4.08. The largest absolute Gasteiger partial charge is 0.376 e. The van der Waals surface area contributed by atoms with E-state index in [9.17, 15) is 0 Å². The maximum Gasteiger partial charge on any atom is 0.183 e. The van der Waals surface area contributed by atoms with Crippen LogP contribution in [0.1, 0.15) is 12.8 Å². The summed E-state index contributed by atoms with van der Waals surface area (Å²) in [4.78, 5) is 4.50. The molecule has 5 heteroatoms. The third-order valence-electron chi connectivity index (χ3n) is 2.85. The Labute approximate surface area is 109 Å². The average Bonchev–Trinajstić information content (AvgIpc) is 2.94. The Morgan fingerprint density at radius 3 is 3.29 bits per heavy atom. The molecule has 1 aromatic carbocycles. The van der Waals surface area contributed by atoms with E-state index in [4.69, 9.17) is 16.3 Å². The van der Waals surface area contributed by atoms with Gasteiger partial charge >= 0.3 is 0 Å². The molecule has 1 aromatic heterocycles. The molecule has 0 aliphatic carbocycles. The number of benzene rings is 1. The fraction of sp³-hybridized carbons (Fsp3) is 0.417. The van der Waals surface area contributed by atoms with Crippen LogP contribution in [0, 0.1) is 0 Å². The van der Waals surface area contributed by atoms with Gasteiger partial charge in [-0.1, -0.05) is 22.9 Å². The predicted molar refractivity (Wildman–Crippen MR) is 72.1 cm³/mol. The summed E-state index contributed by atoms with van der Waals surface area (Å²) in [6.07, 6.45) is 2.65. The first kappa shape index (κ1) is 11.3. The van der Waals surface area contributed by atoms with Crippen LogP contribution in [0.5, 0.6) is 0 Å². The number of nitrogens with one attached hydrogen (secondary N) is 1. The minimum absolute atomic E-state index is 0.339. The Hall–Kier alpha value is -0.840. The fourth-order valence-corrected chi connectivity index (χ4v) is 3.00. The van der Waals surface area contributed by atoms with Crippen molar-refractivity contribution in [3.05, 3.63) is 23.2 Å². The Morgan fingerprint density at radius 2 is 2.47 bits per heavy atom. The van der Waals surface area contributed by atoms with Crippen molar-refractivity contribution < 1.29 is 4.74 Å². The molecule has 17 heavy (non-hydrogen) atoms. The number of aromatic nitrogens is 1. The van der Waals surface area contributed by atoms with Crippen molar-refractivity contribution in [1.82, 2.24) is 4.98 Å². The van der Waals surface area contributed by atoms with E-state index >= 15 is 0 Å². The number of anilines is 1. The molecule has 3 nitrogen and oxygen atoms in total. The summed E-state index contributed by atoms with van der Waals surface area (Å²) >= 11 is 7.59. The molecule has 1 aliphatic rings. The van der Waals surface area contributed by atoms with Crippen LogP contribution in [-0.4, -0.2) is 24.2 Å². The molecule has 0 amide bonds. The minimum atomic E-state index is 0.339. The van der Waals surface area contributed by atoms with Gasteiger partial charge in [0, 0.05) is 18.2 Å². The fourth-order valence-electron chi connectivity index (χ4n) is 1.98. The zero-order chi connectivity index (χ0) is 11.7. The van der Waals surface area contributed by atoms with Gasteiger partial charge in [-0.25, -0.2) is 4.98 Å². The third kappa shape index (κ3) is 2.54. The first-order valence-electron chi connectivity index (χ1n) is 5.73. The van der Waals surface area contributed by atoms with Gasteiger partial charge in [0.05, 0.1) is 16.3 Å². The van der Waals surface area contributed by atoms with E-state index in [-0.39, 0.29) is 0 Å². The van der Waals surface area contributed by atoms with Gasteiger partial charge in [-0.15, -0.1) is 0 Å². The second-order valence-electron chi connectivity index (χ2n) is 4.15. The molecule has 0 radical (unpaired) electrons. The summed E-state index contributed by atoms with van der Waals surface area (Å²) < 4.78 is 6.72. The molecule has 90 valence electrons. The van der Waals surface area contributed by atoms with Gasteiger partial charge in [-0.2, -0.15) is 0 Å². The maximum absolute atomic E-state index is 5.93. The topological polar surface area (TPSA) is 34.1 Å². The number of hydrogen-bond donors (Lipinski definition) is 1. The van der Waals surface area contributed by atoms with E-state index in [1.165, 1.54) is 6.42 Å². The van der Waals surface area contributed by atoms with Crippen molar-refractivity contribution in [2.24, 2.45) is 0 Å². The molecule has 1 fully saturated rings. The summed E-state index contributed by atoms with van der Waals surface area (Å²) in [6.45, 7) is 1.73. The van der Waals surface area contributed by atoms with E-state index in [0.29, 0.717) is 6.10 Å². The van der Waals surface area contributed by atoms with Crippen LogP contribution in [0.25, 0.3) is 10.2 Å². The normalized spacial score (nSPS) is 19.9. The average molecular weight is 269 g/mol. The molecular weight excluding hydrogens is 256 g/mol. The van der Waals surface area contributed by atoms with E-state index < -0.39 is 0 Å². The molecule has 1 unspecified atom stereocenters. The highest BCUT2D eigenvalue weighted by Gasteiger charge is 2.15. The Bertz CT molecular complexity index is 522. The lowest BCUT2D eigenvalue weighted by Crippen LogP contribution is -2.18. The molecule has 2 aromatic rings. The molecule has 0 bridgehead atoms. The van der Waals surface area contributed by atoms with Crippen LogP contribution in [-0.2, 0) is 4.74 Å². The molecular formula is C12H13ClN2OS. The van der Waals surface area contributed by atoms with Gasteiger partial charge in [-0.3, -0.25) is 0 Å². The molecule has 1 saturated heterocycles. The van der Waals surface area contributed by atoms with Crippen LogP contribution >= 0.6 is 22.9 Å². The number of nitrogens with zero attached hydrogens (tertiary/aromatic N) is 1. The van der Waals surface area contributed by atoms with Gasteiger partial charge in [0.1, 0.15) is 0 Å². The number of ether oxygens (including phenoxy) is 1. The number of fused-ring (bicyclic) bond motifs is 1. The van der Waals surface area contributed by atoms with Gasteiger partial charge in [0.25, 0.3) is 0 Å². The number of hydrogen-bond acceptors (Lipinski definition) is 4. The number of thiazole rings is 1. The van der Waals surface area contributed by atoms with Crippen LogP contribution in [0.15, 0.2) is 18.2 Å². The molecule has 0 saturated carbocycles. The lowest BCUT2D eigenvalue weighted by Gasteiger charge is -2.08. The van der Waals surface area contributed by atoms with E-state index in [2.05, 4.69) is 10.3 Å². The van der Waals surface area contributed by atoms with E-state index in [1.807, 2.05) is 18.2 Å². The second kappa shape index (κ2) is 4.80. The highest BCUT2D eigenvalue weighted by molar-refractivity contribution is 7.22. The minimum Gasteiger partial charge on any atom is -0.376 e. The smallest absolute Gasteiger partial charge is 0.183 e. The van der Waals surface area contributed by atoms with E-state index in [0.717, 1.165) is 39.9 Å². The highest BCUT2D eigenvalue weighted by atomic mass is 35.5. The van der Waals surface area contributed by atoms with Gasteiger partial charge in [-0.05, 0) is 31.0 Å². The Balaban J connectivity index is 1.72. The van der Waals surface area contributed by atoms with Crippen molar-refractivity contribution in [3.63, 3.8) is 0 Å². The van der Waals surface area contributed by atoms with Crippen molar-refractivity contribution in [1.29, 1.82) is 0 Å². The highest BCUT2D eigenvalue weighted by Crippen LogP contribution is 2.28. The van der Waals surface area contributed by atoms with Crippen LogP contribution in [0.3, 0.4) is 0 Å². The van der Waals surface area contributed by atoms with Gasteiger partial charge < -0.3 is 10.1 Å². The monoisotopic (exact) mass is 268 g/mol.